The van der Waals surface area contributed by atoms with E-state index in [1.807, 2.05) is 13.3 Å². The highest BCUT2D eigenvalue weighted by molar-refractivity contribution is 7.63. The van der Waals surface area contributed by atoms with Gasteiger partial charge in [-0.05, 0) is 38.0 Å². The van der Waals surface area contributed by atoms with Crippen LogP contribution in [0, 0.1) is 11.8 Å². The predicted octanol–water partition coefficient (Wildman–Crippen LogP) is 2.57. The fraction of sp³-hybridized carbons (Fsp3) is 0.778. The topological polar surface area (TPSA) is 17.1 Å². The molecule has 0 aromatic carbocycles. The molecule has 0 heterocycles. The van der Waals surface area contributed by atoms with E-state index in [4.69, 9.17) is 0 Å². The summed E-state index contributed by atoms with van der Waals surface area (Å²) in [7, 11) is -1.81. The van der Waals surface area contributed by atoms with Gasteiger partial charge in [-0.15, -0.1) is 0 Å². The summed E-state index contributed by atoms with van der Waals surface area (Å²) in [5.41, 5.74) is 0.512. The van der Waals surface area contributed by atoms with E-state index in [9.17, 15) is 4.57 Å². The maximum atomic E-state index is 11.8. The molecule has 2 heteroatoms. The van der Waals surface area contributed by atoms with Crippen molar-refractivity contribution in [2.24, 2.45) is 11.8 Å². The second kappa shape index (κ2) is 2.23. The summed E-state index contributed by atoms with van der Waals surface area (Å²) in [4.78, 5) is 0. The Balaban J connectivity index is 2.21. The van der Waals surface area contributed by atoms with Crippen molar-refractivity contribution in [1.29, 1.82) is 0 Å². The van der Waals surface area contributed by atoms with E-state index in [0.717, 1.165) is 5.92 Å². The Morgan fingerprint density at radius 3 is 2.27 bits per heavy atom. The van der Waals surface area contributed by atoms with Gasteiger partial charge in [-0.3, -0.25) is 0 Å². The monoisotopic (exact) mass is 170 g/mol. The van der Waals surface area contributed by atoms with Gasteiger partial charge in [-0.1, -0.05) is 12.2 Å². The Labute approximate surface area is 68.2 Å². The zero-order valence-electron chi connectivity index (χ0n) is 7.16. The number of allylic oxidation sites excluding steroid dienone is 2. The third kappa shape index (κ3) is 1.20. The molecule has 62 valence electrons. The standard InChI is InChI=1S/C9H15OP/c1-11(2,10)9-6-7-3-4-8(9)5-7/h3-4,7-9H,5-6H2,1-2H3. The summed E-state index contributed by atoms with van der Waals surface area (Å²) in [6.45, 7) is 3.87. The molecule has 1 nitrogen and oxygen atoms in total. The second-order valence-corrected chi connectivity index (χ2v) is 7.81. The number of hydrogen-bond donors (Lipinski definition) is 0. The first kappa shape index (κ1) is 7.61. The molecule has 2 aliphatic carbocycles. The molecular formula is C9H15OP. The van der Waals surface area contributed by atoms with Gasteiger partial charge >= 0.3 is 0 Å². The molecule has 2 rings (SSSR count). The molecule has 0 aliphatic heterocycles. The van der Waals surface area contributed by atoms with Crippen LogP contribution < -0.4 is 0 Å². The number of fused-ring (bicyclic) bond motifs is 2. The van der Waals surface area contributed by atoms with E-state index in [0.29, 0.717) is 11.6 Å². The molecule has 3 unspecified atom stereocenters. The smallest absolute Gasteiger partial charge is 0.0854 e. The van der Waals surface area contributed by atoms with Crippen molar-refractivity contribution in [3.05, 3.63) is 12.2 Å². The minimum absolute atomic E-state index is 0.512. The first-order chi connectivity index (χ1) is 5.07. The molecule has 2 bridgehead atoms. The third-order valence-electron chi connectivity index (χ3n) is 3.04. The SMILES string of the molecule is CP(C)(=O)C1CC2C=CC1C2. The minimum atomic E-state index is -1.81. The summed E-state index contributed by atoms with van der Waals surface area (Å²) in [5.74, 6) is 1.42. The van der Waals surface area contributed by atoms with Crippen LogP contribution in [0.2, 0.25) is 0 Å². The van der Waals surface area contributed by atoms with Crippen LogP contribution in [0.1, 0.15) is 12.8 Å². The zero-order chi connectivity index (χ0) is 8.06. The summed E-state index contributed by atoms with van der Waals surface area (Å²) < 4.78 is 11.8. The molecule has 2 aliphatic rings. The van der Waals surface area contributed by atoms with Gasteiger partial charge in [-0.25, -0.2) is 0 Å². The second-order valence-electron chi connectivity index (χ2n) is 4.28. The van der Waals surface area contributed by atoms with E-state index in [2.05, 4.69) is 12.2 Å². The van der Waals surface area contributed by atoms with Gasteiger partial charge in [0.25, 0.3) is 0 Å². The van der Waals surface area contributed by atoms with E-state index in [-0.39, 0.29) is 0 Å². The molecule has 0 aromatic rings. The fourth-order valence-corrected chi connectivity index (χ4v) is 4.39. The zero-order valence-corrected chi connectivity index (χ0v) is 8.05. The maximum Gasteiger partial charge on any atom is 0.0854 e. The minimum Gasteiger partial charge on any atom is -0.324 e. The van der Waals surface area contributed by atoms with Crippen LogP contribution in [0.15, 0.2) is 12.2 Å². The molecule has 0 aromatic heterocycles. The van der Waals surface area contributed by atoms with Crippen molar-refractivity contribution in [2.75, 3.05) is 13.3 Å². The van der Waals surface area contributed by atoms with Crippen LogP contribution in [0.5, 0.6) is 0 Å². The molecule has 0 amide bonds. The highest BCUT2D eigenvalue weighted by atomic mass is 31.2. The highest BCUT2D eigenvalue weighted by Gasteiger charge is 2.41. The van der Waals surface area contributed by atoms with Gasteiger partial charge in [0.1, 0.15) is 0 Å². The van der Waals surface area contributed by atoms with Crippen LogP contribution in [-0.2, 0) is 4.57 Å². The van der Waals surface area contributed by atoms with Crippen molar-refractivity contribution in [3.8, 4) is 0 Å². The molecule has 3 atom stereocenters. The third-order valence-corrected chi connectivity index (χ3v) is 5.23. The fourth-order valence-electron chi connectivity index (χ4n) is 2.47. The Bertz CT molecular complexity index is 238. The van der Waals surface area contributed by atoms with Crippen molar-refractivity contribution in [2.45, 2.75) is 18.5 Å². The quantitative estimate of drug-likeness (QED) is 0.436. The van der Waals surface area contributed by atoms with Crippen molar-refractivity contribution < 1.29 is 4.57 Å². The molecule has 1 saturated carbocycles. The van der Waals surface area contributed by atoms with Gasteiger partial charge < -0.3 is 4.57 Å². The predicted molar refractivity (Wildman–Crippen MR) is 48.6 cm³/mol. The van der Waals surface area contributed by atoms with Crippen LogP contribution in [0.25, 0.3) is 0 Å². The lowest BCUT2D eigenvalue weighted by molar-refractivity contribution is 0.558. The van der Waals surface area contributed by atoms with Crippen molar-refractivity contribution in [1.82, 2.24) is 0 Å². The molecular weight excluding hydrogens is 155 g/mol. The molecule has 11 heavy (non-hydrogen) atoms. The maximum absolute atomic E-state index is 11.8. The summed E-state index contributed by atoms with van der Waals surface area (Å²) >= 11 is 0. The lowest BCUT2D eigenvalue weighted by atomic mass is 10.1. The Morgan fingerprint density at radius 2 is 2.00 bits per heavy atom. The van der Waals surface area contributed by atoms with E-state index < -0.39 is 7.14 Å². The highest BCUT2D eigenvalue weighted by Crippen LogP contribution is 2.57. The van der Waals surface area contributed by atoms with Gasteiger partial charge in [-0.2, -0.15) is 0 Å². The van der Waals surface area contributed by atoms with E-state index in [1.54, 1.807) is 0 Å². The first-order valence-electron chi connectivity index (χ1n) is 4.30. The van der Waals surface area contributed by atoms with Crippen molar-refractivity contribution in [3.63, 3.8) is 0 Å². The average Bonchev–Trinajstić information content (AvgIpc) is 2.42. The lowest BCUT2D eigenvalue weighted by Crippen LogP contribution is -2.12. The number of hydrogen-bond acceptors (Lipinski definition) is 1. The first-order valence-corrected chi connectivity index (χ1v) is 6.97. The van der Waals surface area contributed by atoms with Crippen LogP contribution in [-0.4, -0.2) is 19.0 Å². The van der Waals surface area contributed by atoms with E-state index in [1.165, 1.54) is 12.8 Å². The largest absolute Gasteiger partial charge is 0.324 e. The van der Waals surface area contributed by atoms with Crippen LogP contribution >= 0.6 is 7.14 Å². The van der Waals surface area contributed by atoms with Gasteiger partial charge in [0.2, 0.25) is 0 Å². The van der Waals surface area contributed by atoms with Gasteiger partial charge in [0.05, 0.1) is 7.14 Å². The Morgan fingerprint density at radius 1 is 1.27 bits per heavy atom. The molecule has 1 fully saturated rings. The average molecular weight is 170 g/mol. The normalized spacial score (nSPS) is 41.8. The van der Waals surface area contributed by atoms with Crippen LogP contribution in [0.4, 0.5) is 0 Å². The molecule has 0 saturated heterocycles. The van der Waals surface area contributed by atoms with Crippen molar-refractivity contribution >= 4 is 7.14 Å². The summed E-state index contributed by atoms with van der Waals surface area (Å²) in [6, 6.07) is 0. The van der Waals surface area contributed by atoms with Crippen LogP contribution in [0.3, 0.4) is 0 Å². The lowest BCUT2D eigenvalue weighted by Gasteiger charge is -2.22. The Kier molecular flexibility index (Phi) is 1.54. The van der Waals surface area contributed by atoms with Gasteiger partial charge in [0, 0.05) is 5.66 Å². The Hall–Kier alpha value is -0.0300. The molecule has 0 N–H and O–H groups in total. The molecule has 0 spiro atoms. The summed E-state index contributed by atoms with van der Waals surface area (Å²) in [6.07, 6.45) is 7.04. The van der Waals surface area contributed by atoms with Gasteiger partial charge in [0.15, 0.2) is 0 Å². The summed E-state index contributed by atoms with van der Waals surface area (Å²) in [5, 5.41) is 0. The molecule has 0 radical (unpaired) electrons. The van der Waals surface area contributed by atoms with E-state index >= 15 is 0 Å². The number of rotatable bonds is 1.